The fourth-order valence-electron chi connectivity index (χ4n) is 1.48. The number of hydrogen-bond donors (Lipinski definition) is 1. The van der Waals surface area contributed by atoms with Crippen molar-refractivity contribution in [3.05, 3.63) is 33.9 Å². The number of esters is 2. The first-order chi connectivity index (χ1) is 9.27. The number of carbonyl (C=O) groups is 2. The van der Waals surface area contributed by atoms with Crippen molar-refractivity contribution < 1.29 is 29.1 Å². The quantitative estimate of drug-likeness (QED) is 0.368. The third kappa shape index (κ3) is 5.02. The van der Waals surface area contributed by atoms with Crippen LogP contribution < -0.4 is 9.47 Å². The van der Waals surface area contributed by atoms with E-state index in [1.807, 2.05) is 0 Å². The molecule has 1 N–H and O–H groups in total. The van der Waals surface area contributed by atoms with Crippen LogP contribution in [0.5, 0.6) is 11.5 Å². The average Bonchev–Trinajstić information content (AvgIpc) is 2.25. The molecule has 1 unspecified atom stereocenters. The van der Waals surface area contributed by atoms with Crippen molar-refractivity contribution in [2.45, 2.75) is 20.0 Å². The van der Waals surface area contributed by atoms with E-state index in [0.29, 0.717) is 0 Å². The second kappa shape index (κ2) is 6.62. The van der Waals surface area contributed by atoms with Crippen LogP contribution in [-0.2, 0) is 9.59 Å². The van der Waals surface area contributed by atoms with Crippen LogP contribution in [0, 0.1) is 10.1 Å². The molecule has 0 spiro atoms. The zero-order chi connectivity index (χ0) is 15.3. The van der Waals surface area contributed by atoms with Crippen molar-refractivity contribution in [2.24, 2.45) is 0 Å². The number of benzene rings is 1. The molecule has 0 aliphatic carbocycles. The fraction of sp³-hybridized carbons (Fsp3) is 0.333. The second-order valence-electron chi connectivity index (χ2n) is 3.96. The molecule has 0 heterocycles. The Labute approximate surface area is 114 Å². The molecule has 1 atom stereocenters. The van der Waals surface area contributed by atoms with Crippen molar-refractivity contribution in [2.75, 3.05) is 6.54 Å². The minimum Gasteiger partial charge on any atom is -0.427 e. The van der Waals surface area contributed by atoms with Gasteiger partial charge in [0.2, 0.25) is 6.54 Å². The maximum atomic E-state index is 10.9. The zero-order valence-corrected chi connectivity index (χ0v) is 10.9. The van der Waals surface area contributed by atoms with Crippen LogP contribution in [0.25, 0.3) is 0 Å². The Balaban J connectivity index is 3.11. The van der Waals surface area contributed by atoms with Gasteiger partial charge in [-0.25, -0.2) is 0 Å². The van der Waals surface area contributed by atoms with Crippen molar-refractivity contribution in [1.82, 2.24) is 0 Å². The SMILES string of the molecule is CC(=O)Oc1cc(OC(C)=O)cc(C(O)C[N+](=O)[O-])c1. The van der Waals surface area contributed by atoms with Gasteiger partial charge >= 0.3 is 11.9 Å². The van der Waals surface area contributed by atoms with E-state index in [9.17, 15) is 24.8 Å². The lowest BCUT2D eigenvalue weighted by Crippen LogP contribution is -2.13. The van der Waals surface area contributed by atoms with Gasteiger partial charge in [0.05, 0.1) is 0 Å². The Morgan fingerprint density at radius 2 is 1.65 bits per heavy atom. The summed E-state index contributed by atoms with van der Waals surface area (Å²) in [6.07, 6.45) is -1.41. The topological polar surface area (TPSA) is 116 Å². The summed E-state index contributed by atoms with van der Waals surface area (Å²) >= 11 is 0. The van der Waals surface area contributed by atoms with Gasteiger partial charge in [-0.05, 0) is 17.7 Å². The van der Waals surface area contributed by atoms with Gasteiger partial charge in [0, 0.05) is 24.8 Å². The van der Waals surface area contributed by atoms with E-state index < -0.39 is 29.5 Å². The van der Waals surface area contributed by atoms with Gasteiger partial charge in [0.1, 0.15) is 17.6 Å². The minimum atomic E-state index is -1.41. The van der Waals surface area contributed by atoms with Crippen LogP contribution >= 0.6 is 0 Å². The van der Waals surface area contributed by atoms with E-state index >= 15 is 0 Å². The summed E-state index contributed by atoms with van der Waals surface area (Å²) in [5.41, 5.74) is 0.108. The zero-order valence-electron chi connectivity index (χ0n) is 10.9. The Hall–Kier alpha value is -2.48. The lowest BCUT2D eigenvalue weighted by Gasteiger charge is -2.11. The highest BCUT2D eigenvalue weighted by molar-refractivity contribution is 5.71. The molecular formula is C12H13NO7. The van der Waals surface area contributed by atoms with Crippen molar-refractivity contribution in [3.63, 3.8) is 0 Å². The van der Waals surface area contributed by atoms with Gasteiger partial charge in [-0.1, -0.05) is 0 Å². The molecule has 8 heteroatoms. The Morgan fingerprint density at radius 1 is 1.20 bits per heavy atom. The number of aliphatic hydroxyl groups excluding tert-OH is 1. The maximum absolute atomic E-state index is 10.9. The first-order valence-electron chi connectivity index (χ1n) is 5.59. The number of nitro groups is 1. The molecule has 0 saturated heterocycles. The van der Waals surface area contributed by atoms with Crippen molar-refractivity contribution in [3.8, 4) is 11.5 Å². The monoisotopic (exact) mass is 283 g/mol. The predicted octanol–water partition coefficient (Wildman–Crippen LogP) is 0.847. The molecule has 1 rings (SSSR count). The van der Waals surface area contributed by atoms with E-state index in [-0.39, 0.29) is 17.1 Å². The van der Waals surface area contributed by atoms with Gasteiger partial charge in [-0.15, -0.1) is 0 Å². The highest BCUT2D eigenvalue weighted by Crippen LogP contribution is 2.27. The first kappa shape index (κ1) is 15.6. The predicted molar refractivity (Wildman–Crippen MR) is 65.9 cm³/mol. The number of nitrogens with zero attached hydrogens (tertiary/aromatic N) is 1. The van der Waals surface area contributed by atoms with Gasteiger partial charge in [0.25, 0.3) is 0 Å². The smallest absolute Gasteiger partial charge is 0.308 e. The maximum Gasteiger partial charge on any atom is 0.308 e. The summed E-state index contributed by atoms with van der Waals surface area (Å²) in [5.74, 6) is -1.18. The highest BCUT2D eigenvalue weighted by Gasteiger charge is 2.17. The van der Waals surface area contributed by atoms with Crippen LogP contribution in [-0.4, -0.2) is 28.5 Å². The first-order valence-corrected chi connectivity index (χ1v) is 5.59. The Kier molecular flexibility index (Phi) is 5.15. The third-order valence-corrected chi connectivity index (χ3v) is 2.13. The second-order valence-corrected chi connectivity index (χ2v) is 3.96. The lowest BCUT2D eigenvalue weighted by molar-refractivity contribution is -0.491. The van der Waals surface area contributed by atoms with Crippen LogP contribution in [0.2, 0.25) is 0 Å². The molecule has 0 aromatic heterocycles. The summed E-state index contributed by atoms with van der Waals surface area (Å²) in [7, 11) is 0. The lowest BCUT2D eigenvalue weighted by atomic mass is 10.1. The normalized spacial score (nSPS) is 11.6. The van der Waals surface area contributed by atoms with E-state index in [2.05, 4.69) is 0 Å². The molecule has 0 fully saturated rings. The van der Waals surface area contributed by atoms with Crippen LogP contribution in [0.3, 0.4) is 0 Å². The van der Waals surface area contributed by atoms with Crippen molar-refractivity contribution in [1.29, 1.82) is 0 Å². The number of ether oxygens (including phenoxy) is 2. The van der Waals surface area contributed by atoms with E-state index in [4.69, 9.17) is 9.47 Å². The van der Waals surface area contributed by atoms with Gasteiger partial charge in [0.15, 0.2) is 0 Å². The molecule has 0 aliphatic rings. The number of rotatable bonds is 5. The molecule has 0 saturated carbocycles. The fourth-order valence-corrected chi connectivity index (χ4v) is 1.48. The average molecular weight is 283 g/mol. The van der Waals surface area contributed by atoms with Gasteiger partial charge in [-0.2, -0.15) is 0 Å². The molecule has 8 nitrogen and oxygen atoms in total. The van der Waals surface area contributed by atoms with Crippen LogP contribution in [0.4, 0.5) is 0 Å². The van der Waals surface area contributed by atoms with E-state index in [0.717, 1.165) is 0 Å². The molecule has 0 bridgehead atoms. The molecule has 108 valence electrons. The molecule has 20 heavy (non-hydrogen) atoms. The summed E-state index contributed by atoms with van der Waals surface area (Å²) in [6.45, 7) is 1.63. The third-order valence-electron chi connectivity index (χ3n) is 2.13. The summed E-state index contributed by atoms with van der Waals surface area (Å²) in [6, 6.07) is 3.80. The Morgan fingerprint density at radius 3 is 2.00 bits per heavy atom. The molecule has 0 aliphatic heterocycles. The molecule has 1 aromatic rings. The number of aliphatic hydroxyl groups is 1. The highest BCUT2D eigenvalue weighted by atomic mass is 16.6. The van der Waals surface area contributed by atoms with Crippen molar-refractivity contribution >= 4 is 11.9 Å². The number of carbonyl (C=O) groups excluding carboxylic acids is 2. The summed E-state index contributed by atoms with van der Waals surface area (Å²) in [5, 5.41) is 20.1. The standard InChI is InChI=1S/C12H13NO7/c1-7(14)19-10-3-9(12(16)6-13(17)18)4-11(5-10)20-8(2)15/h3-5,12,16H,6H2,1-2H3. The number of hydrogen-bond acceptors (Lipinski definition) is 7. The Bertz CT molecular complexity index is 506. The largest absolute Gasteiger partial charge is 0.427 e. The minimum absolute atomic E-state index is 0.0219. The van der Waals surface area contributed by atoms with E-state index in [1.54, 1.807) is 0 Å². The molecular weight excluding hydrogens is 270 g/mol. The molecule has 1 aromatic carbocycles. The van der Waals surface area contributed by atoms with Crippen LogP contribution in [0.15, 0.2) is 18.2 Å². The van der Waals surface area contributed by atoms with E-state index in [1.165, 1.54) is 32.0 Å². The van der Waals surface area contributed by atoms with Gasteiger partial charge < -0.3 is 14.6 Å². The summed E-state index contributed by atoms with van der Waals surface area (Å²) in [4.78, 5) is 31.5. The summed E-state index contributed by atoms with van der Waals surface area (Å²) < 4.78 is 9.64. The molecule has 0 radical (unpaired) electrons. The molecule has 0 amide bonds. The van der Waals surface area contributed by atoms with Gasteiger partial charge in [-0.3, -0.25) is 19.7 Å². The van der Waals surface area contributed by atoms with Crippen LogP contribution in [0.1, 0.15) is 25.5 Å².